The van der Waals surface area contributed by atoms with Gasteiger partial charge in [0.25, 0.3) is 0 Å². The van der Waals surface area contributed by atoms with Crippen molar-refractivity contribution in [3.63, 3.8) is 0 Å². The zero-order valence-electron chi connectivity index (χ0n) is 41.8. The summed E-state index contributed by atoms with van der Waals surface area (Å²) < 4.78 is 16.8. The van der Waals surface area contributed by atoms with Crippen LogP contribution in [0.2, 0.25) is 0 Å². The molecular weight excluding hydrogens is 781 g/mol. The molecule has 1 unspecified atom stereocenters. The van der Waals surface area contributed by atoms with Crippen LogP contribution < -0.4 is 0 Å². The Hall–Kier alpha value is -2.63. The maximum absolute atomic E-state index is 12.8. The molecule has 0 radical (unpaired) electrons. The average molecular weight is 883 g/mol. The second-order valence-electron chi connectivity index (χ2n) is 18.2. The van der Waals surface area contributed by atoms with Crippen LogP contribution in [0.5, 0.6) is 0 Å². The Kier molecular flexibility index (Phi) is 49.8. The number of carbonyl (C=O) groups excluding carboxylic acids is 3. The number of ether oxygens (including phenoxy) is 3. The Morgan fingerprint density at radius 1 is 0.333 bits per heavy atom. The highest BCUT2D eigenvalue weighted by Gasteiger charge is 2.19. The van der Waals surface area contributed by atoms with Crippen molar-refractivity contribution in [3.8, 4) is 0 Å². The van der Waals surface area contributed by atoms with Gasteiger partial charge < -0.3 is 14.2 Å². The molecule has 0 heterocycles. The van der Waals surface area contributed by atoms with Crippen molar-refractivity contribution in [3.05, 3.63) is 48.6 Å². The van der Waals surface area contributed by atoms with Gasteiger partial charge in [-0.15, -0.1) is 0 Å². The number of carbonyl (C=O) groups is 3. The lowest BCUT2D eigenvalue weighted by Crippen LogP contribution is -2.30. The van der Waals surface area contributed by atoms with Crippen LogP contribution in [-0.4, -0.2) is 37.2 Å². The Bertz CT molecular complexity index is 1110. The van der Waals surface area contributed by atoms with Gasteiger partial charge in [0.1, 0.15) is 13.2 Å². The van der Waals surface area contributed by atoms with Crippen LogP contribution in [0, 0.1) is 0 Å². The third kappa shape index (κ3) is 50.2. The highest BCUT2D eigenvalue weighted by Crippen LogP contribution is 2.17. The van der Waals surface area contributed by atoms with Crippen LogP contribution in [0.4, 0.5) is 0 Å². The Morgan fingerprint density at radius 2 is 0.619 bits per heavy atom. The molecule has 63 heavy (non-hydrogen) atoms. The largest absolute Gasteiger partial charge is 0.462 e. The fourth-order valence-corrected chi connectivity index (χ4v) is 7.87. The molecule has 366 valence electrons. The van der Waals surface area contributed by atoms with E-state index in [1.165, 1.54) is 167 Å². The van der Waals surface area contributed by atoms with Gasteiger partial charge in [-0.25, -0.2) is 0 Å². The van der Waals surface area contributed by atoms with Crippen molar-refractivity contribution in [1.82, 2.24) is 0 Å². The molecule has 0 N–H and O–H groups in total. The smallest absolute Gasteiger partial charge is 0.306 e. The predicted molar refractivity (Wildman–Crippen MR) is 270 cm³/mol. The Balaban J connectivity index is 4.35. The Labute approximate surface area is 390 Å². The molecule has 0 aromatic heterocycles. The first-order valence-electron chi connectivity index (χ1n) is 27.2. The molecule has 0 amide bonds. The van der Waals surface area contributed by atoms with Crippen molar-refractivity contribution in [2.75, 3.05) is 13.2 Å². The number of rotatable bonds is 49. The summed E-state index contributed by atoms with van der Waals surface area (Å²) in [7, 11) is 0. The summed E-state index contributed by atoms with van der Waals surface area (Å²) in [5.41, 5.74) is 0. The monoisotopic (exact) mass is 883 g/mol. The molecule has 0 spiro atoms. The van der Waals surface area contributed by atoms with Gasteiger partial charge in [0.05, 0.1) is 0 Å². The summed E-state index contributed by atoms with van der Waals surface area (Å²) in [5, 5.41) is 0. The van der Waals surface area contributed by atoms with Gasteiger partial charge >= 0.3 is 17.9 Å². The number of hydrogen-bond donors (Lipinski definition) is 0. The maximum atomic E-state index is 12.8. The predicted octanol–water partition coefficient (Wildman–Crippen LogP) is 17.9. The van der Waals surface area contributed by atoms with E-state index < -0.39 is 6.10 Å². The topological polar surface area (TPSA) is 78.9 Å². The van der Waals surface area contributed by atoms with Gasteiger partial charge in [0, 0.05) is 19.3 Å². The highest BCUT2D eigenvalue weighted by atomic mass is 16.6. The first-order valence-corrected chi connectivity index (χ1v) is 27.2. The highest BCUT2D eigenvalue weighted by molar-refractivity contribution is 5.71. The minimum Gasteiger partial charge on any atom is -0.462 e. The van der Waals surface area contributed by atoms with E-state index in [-0.39, 0.29) is 31.1 Å². The van der Waals surface area contributed by atoms with E-state index in [2.05, 4.69) is 39.0 Å². The van der Waals surface area contributed by atoms with Gasteiger partial charge in [-0.1, -0.05) is 268 Å². The summed E-state index contributed by atoms with van der Waals surface area (Å²) in [4.78, 5) is 38.0. The fourth-order valence-electron chi connectivity index (χ4n) is 7.87. The third-order valence-electron chi connectivity index (χ3n) is 11.9. The minimum atomic E-state index is -0.784. The molecule has 0 rings (SSSR count). The van der Waals surface area contributed by atoms with Crippen molar-refractivity contribution in [1.29, 1.82) is 0 Å². The number of allylic oxidation sites excluding steroid dienone is 8. The van der Waals surface area contributed by atoms with Crippen molar-refractivity contribution in [2.45, 2.75) is 284 Å². The molecule has 0 fully saturated rings. The van der Waals surface area contributed by atoms with Gasteiger partial charge in [-0.3, -0.25) is 14.4 Å². The molecule has 0 aliphatic heterocycles. The van der Waals surface area contributed by atoms with E-state index in [1.54, 1.807) is 0 Å². The molecule has 0 aliphatic rings. The molecule has 0 bridgehead atoms. The quantitative estimate of drug-likeness (QED) is 0.0262. The van der Waals surface area contributed by atoms with Gasteiger partial charge in [0.2, 0.25) is 0 Å². The van der Waals surface area contributed by atoms with E-state index in [4.69, 9.17) is 14.2 Å². The lowest BCUT2D eigenvalue weighted by molar-refractivity contribution is -0.167. The zero-order valence-corrected chi connectivity index (χ0v) is 41.8. The number of hydrogen-bond acceptors (Lipinski definition) is 6. The maximum Gasteiger partial charge on any atom is 0.306 e. The van der Waals surface area contributed by atoms with Crippen LogP contribution in [0.1, 0.15) is 278 Å². The molecule has 0 aromatic carbocycles. The van der Waals surface area contributed by atoms with Gasteiger partial charge in [-0.05, 0) is 38.5 Å². The third-order valence-corrected chi connectivity index (χ3v) is 11.9. The van der Waals surface area contributed by atoms with Gasteiger partial charge in [0.15, 0.2) is 6.10 Å². The summed E-state index contributed by atoms with van der Waals surface area (Å²) in [6, 6.07) is 0. The van der Waals surface area contributed by atoms with Crippen molar-refractivity contribution < 1.29 is 28.6 Å². The summed E-state index contributed by atoms with van der Waals surface area (Å²) in [6.07, 6.45) is 62.4. The van der Waals surface area contributed by atoms with E-state index in [0.29, 0.717) is 19.3 Å². The van der Waals surface area contributed by atoms with Crippen LogP contribution >= 0.6 is 0 Å². The van der Waals surface area contributed by atoms with E-state index in [0.717, 1.165) is 70.6 Å². The van der Waals surface area contributed by atoms with Crippen molar-refractivity contribution >= 4 is 17.9 Å². The number of esters is 3. The molecule has 0 saturated carbocycles. The first-order chi connectivity index (χ1) is 31.0. The fraction of sp³-hybridized carbons (Fsp3) is 0.807. The summed E-state index contributed by atoms with van der Waals surface area (Å²) in [5.74, 6) is -0.909. The molecule has 6 nitrogen and oxygen atoms in total. The second kappa shape index (κ2) is 52.0. The van der Waals surface area contributed by atoms with E-state index in [1.807, 2.05) is 30.4 Å². The molecule has 0 saturated heterocycles. The second-order valence-corrected chi connectivity index (χ2v) is 18.2. The minimum absolute atomic E-state index is 0.0817. The Morgan fingerprint density at radius 3 is 0.968 bits per heavy atom. The SMILES string of the molecule is CC/C=C/C=C/C=C/C=C/CCCCCC(=O)OCC(COC(=O)CCCCCCCCCCCCCCCCCCCC)OC(=O)CCCCCCCCCCCCCCCC. The van der Waals surface area contributed by atoms with Crippen LogP contribution in [0.3, 0.4) is 0 Å². The van der Waals surface area contributed by atoms with Crippen LogP contribution in [0.15, 0.2) is 48.6 Å². The first kappa shape index (κ1) is 60.4. The molecule has 1 atom stereocenters. The summed E-state index contributed by atoms with van der Waals surface area (Å²) in [6.45, 7) is 6.50. The van der Waals surface area contributed by atoms with E-state index in [9.17, 15) is 14.4 Å². The summed E-state index contributed by atoms with van der Waals surface area (Å²) >= 11 is 0. The normalized spacial score (nSPS) is 12.4. The average Bonchev–Trinajstić information content (AvgIpc) is 3.28. The van der Waals surface area contributed by atoms with E-state index >= 15 is 0 Å². The standard InChI is InChI=1S/C57H102O6/c1-4-7-10-13-16-19-22-25-27-28-29-30-33-35-38-41-44-47-50-56(59)62-53-54(52-61-55(58)49-46-43-40-37-34-31-24-21-18-15-12-9-6-3)63-57(60)51-48-45-42-39-36-32-26-23-20-17-14-11-8-5-2/h9,12,15,18,21,24,31,34,54H,4-8,10-11,13-14,16-17,19-20,22-23,25-30,32-33,35-53H2,1-3H3/b12-9+,18-15+,24-21+,34-31+. The molecular formula is C57H102O6. The number of unbranched alkanes of at least 4 members (excludes halogenated alkanes) is 33. The molecule has 0 aliphatic carbocycles. The lowest BCUT2D eigenvalue weighted by atomic mass is 10.0. The van der Waals surface area contributed by atoms with Crippen LogP contribution in [-0.2, 0) is 28.6 Å². The van der Waals surface area contributed by atoms with Gasteiger partial charge in [-0.2, -0.15) is 0 Å². The van der Waals surface area contributed by atoms with Crippen LogP contribution in [0.25, 0.3) is 0 Å². The molecule has 0 aromatic rings. The zero-order chi connectivity index (χ0) is 45.8. The molecule has 6 heteroatoms. The lowest BCUT2D eigenvalue weighted by Gasteiger charge is -2.18. The van der Waals surface area contributed by atoms with Crippen molar-refractivity contribution in [2.24, 2.45) is 0 Å².